The fourth-order valence-electron chi connectivity index (χ4n) is 5.13. The number of carbonyl (C=O) groups excluding carboxylic acids is 5. The molecule has 0 aromatic rings. The minimum Gasteiger partial charge on any atom is -0.444 e. The van der Waals surface area contributed by atoms with Gasteiger partial charge in [-0.15, -0.1) is 6.58 Å². The molecule has 2 aliphatic heterocycles. The first-order chi connectivity index (χ1) is 19.2. The van der Waals surface area contributed by atoms with E-state index in [-0.39, 0.29) is 18.4 Å². The lowest BCUT2D eigenvalue weighted by molar-refractivity contribution is -0.144. The minimum absolute atomic E-state index is 0.0280. The van der Waals surface area contributed by atoms with Crippen molar-refractivity contribution in [3.05, 3.63) is 12.7 Å². The van der Waals surface area contributed by atoms with Gasteiger partial charge in [0.05, 0.1) is 12.1 Å². The zero-order valence-corrected chi connectivity index (χ0v) is 25.6. The van der Waals surface area contributed by atoms with Crippen LogP contribution in [0.25, 0.3) is 0 Å². The van der Waals surface area contributed by atoms with Crippen molar-refractivity contribution in [1.82, 2.24) is 20.9 Å². The number of nitrogens with zero attached hydrogens (tertiary/aromatic N) is 1. The van der Waals surface area contributed by atoms with E-state index in [1.165, 1.54) is 11.0 Å². The van der Waals surface area contributed by atoms with Gasteiger partial charge in [0.25, 0.3) is 5.91 Å². The fourth-order valence-corrected chi connectivity index (χ4v) is 5.13. The summed E-state index contributed by atoms with van der Waals surface area (Å²) in [5.74, 6) is -2.23. The lowest BCUT2D eigenvalue weighted by Gasteiger charge is -2.33. The van der Waals surface area contributed by atoms with Gasteiger partial charge in [-0.05, 0) is 58.8 Å². The quantitative estimate of drug-likeness (QED) is 0.325. The average molecular weight is 579 g/mol. The van der Waals surface area contributed by atoms with Crippen molar-refractivity contribution < 1.29 is 33.4 Å². The van der Waals surface area contributed by atoms with Crippen molar-refractivity contribution >= 4 is 29.6 Å². The smallest absolute Gasteiger partial charge is 0.408 e. The molecule has 0 radical (unpaired) electrons. The number of ketones is 1. The van der Waals surface area contributed by atoms with E-state index < -0.39 is 59.4 Å². The number of fused-ring (bicyclic) bond motifs is 1. The third-order valence-electron chi connectivity index (χ3n) is 7.55. The largest absolute Gasteiger partial charge is 0.444 e. The topological polar surface area (TPSA) is 143 Å². The van der Waals surface area contributed by atoms with Crippen LogP contribution in [0.5, 0.6) is 0 Å². The zero-order chi connectivity index (χ0) is 30.7. The molecule has 2 saturated heterocycles. The Bertz CT molecular complexity index is 946. The predicted molar refractivity (Wildman–Crippen MR) is 155 cm³/mol. The van der Waals surface area contributed by atoms with Crippen LogP contribution in [0.3, 0.4) is 0 Å². The maximum absolute atomic E-state index is 14.0. The summed E-state index contributed by atoms with van der Waals surface area (Å²) < 4.78 is 11.4. The van der Waals surface area contributed by atoms with E-state index in [2.05, 4.69) is 22.5 Å². The SMILES string of the molecule is C=CCNC(=O)C(=O)[C@@H]1CCCCCCCO[C@@H](C)[C@H](NC(=O)OC(C)(C)C)C(=O)N2C[C@H](C(C)C)C[C@H]2C(=O)N1. The minimum atomic E-state index is -1.08. The summed E-state index contributed by atoms with van der Waals surface area (Å²) in [6.45, 7) is 15.4. The van der Waals surface area contributed by atoms with Crippen LogP contribution in [0.4, 0.5) is 4.79 Å². The second kappa shape index (κ2) is 15.9. The van der Waals surface area contributed by atoms with Crippen LogP contribution in [0.15, 0.2) is 12.7 Å². The monoisotopic (exact) mass is 578 g/mol. The Morgan fingerprint density at radius 2 is 1.80 bits per heavy atom. The summed E-state index contributed by atoms with van der Waals surface area (Å²) in [6, 6.07) is -2.96. The molecule has 2 aliphatic rings. The summed E-state index contributed by atoms with van der Waals surface area (Å²) in [7, 11) is 0. The molecular weight excluding hydrogens is 528 g/mol. The Labute approximate surface area is 244 Å². The molecule has 0 unspecified atom stereocenters. The van der Waals surface area contributed by atoms with E-state index in [0.29, 0.717) is 32.4 Å². The number of Topliss-reactive ketones (excluding diaryl/α,β-unsaturated/α-hetero) is 1. The maximum Gasteiger partial charge on any atom is 0.408 e. The third-order valence-corrected chi connectivity index (χ3v) is 7.55. The highest BCUT2D eigenvalue weighted by molar-refractivity contribution is 6.38. The first kappa shape index (κ1) is 34.3. The zero-order valence-electron chi connectivity index (χ0n) is 25.6. The number of hydrogen-bond donors (Lipinski definition) is 3. The molecule has 3 N–H and O–H groups in total. The molecule has 11 nitrogen and oxygen atoms in total. The number of carbonyl (C=O) groups is 5. The molecule has 4 amide bonds. The molecule has 0 aromatic carbocycles. The van der Waals surface area contributed by atoms with Gasteiger partial charge in [0, 0.05) is 19.7 Å². The molecule has 0 aliphatic carbocycles. The first-order valence-corrected chi connectivity index (χ1v) is 14.9. The highest BCUT2D eigenvalue weighted by Gasteiger charge is 2.45. The standard InChI is InChI=1S/C30H50N4O7/c1-8-15-31-27(37)25(35)22-14-12-10-9-11-13-16-40-20(4)24(33-29(39)41-30(5,6)7)28(38)34-18-21(19(2)3)17-23(34)26(36)32-22/h8,19-24H,1,9-18H2,2-7H3,(H,31,37)(H,32,36)(H,33,39)/t20-,21+,22-,23-,24-/m0/s1. The first-order valence-electron chi connectivity index (χ1n) is 14.9. The molecule has 41 heavy (non-hydrogen) atoms. The van der Waals surface area contributed by atoms with E-state index in [4.69, 9.17) is 9.47 Å². The van der Waals surface area contributed by atoms with Crippen molar-refractivity contribution in [2.75, 3.05) is 19.7 Å². The molecule has 0 spiro atoms. The number of ether oxygens (including phenoxy) is 2. The van der Waals surface area contributed by atoms with Gasteiger partial charge in [0.2, 0.25) is 17.6 Å². The summed E-state index contributed by atoms with van der Waals surface area (Å²) in [5, 5.41) is 7.98. The van der Waals surface area contributed by atoms with Gasteiger partial charge in [-0.1, -0.05) is 45.6 Å². The highest BCUT2D eigenvalue weighted by Crippen LogP contribution is 2.30. The summed E-state index contributed by atoms with van der Waals surface area (Å²) in [4.78, 5) is 67.5. The summed E-state index contributed by atoms with van der Waals surface area (Å²) >= 11 is 0. The average Bonchev–Trinajstić information content (AvgIpc) is 3.35. The van der Waals surface area contributed by atoms with Crippen molar-refractivity contribution in [3.8, 4) is 0 Å². The van der Waals surface area contributed by atoms with Gasteiger partial charge in [0.1, 0.15) is 17.7 Å². The Kier molecular flexibility index (Phi) is 13.3. The van der Waals surface area contributed by atoms with Gasteiger partial charge in [-0.3, -0.25) is 19.2 Å². The Hall–Kier alpha value is -2.95. The highest BCUT2D eigenvalue weighted by atomic mass is 16.6. The molecule has 2 fully saturated rings. The Morgan fingerprint density at radius 3 is 2.44 bits per heavy atom. The molecule has 0 bridgehead atoms. The normalized spacial score (nSPS) is 27.0. The molecule has 232 valence electrons. The van der Waals surface area contributed by atoms with E-state index in [1.54, 1.807) is 27.7 Å². The third kappa shape index (κ3) is 10.8. The predicted octanol–water partition coefficient (Wildman–Crippen LogP) is 2.87. The van der Waals surface area contributed by atoms with Crippen LogP contribution in [0.2, 0.25) is 0 Å². The van der Waals surface area contributed by atoms with Crippen molar-refractivity contribution in [2.24, 2.45) is 11.8 Å². The molecular formula is C30H50N4O7. The Balaban J connectivity index is 2.40. The van der Waals surface area contributed by atoms with Gasteiger partial charge in [0.15, 0.2) is 0 Å². The van der Waals surface area contributed by atoms with Crippen LogP contribution in [-0.2, 0) is 28.7 Å². The number of alkyl carbamates (subject to hydrolysis) is 1. The lowest BCUT2D eigenvalue weighted by Crippen LogP contribution is -2.59. The van der Waals surface area contributed by atoms with Crippen LogP contribution < -0.4 is 16.0 Å². The van der Waals surface area contributed by atoms with E-state index in [9.17, 15) is 24.0 Å². The van der Waals surface area contributed by atoms with Gasteiger partial charge < -0.3 is 30.3 Å². The maximum atomic E-state index is 14.0. The van der Waals surface area contributed by atoms with Crippen molar-refractivity contribution in [1.29, 1.82) is 0 Å². The van der Waals surface area contributed by atoms with Crippen LogP contribution in [0, 0.1) is 11.8 Å². The molecule has 2 rings (SSSR count). The van der Waals surface area contributed by atoms with E-state index in [1.807, 2.05) is 13.8 Å². The molecule has 5 atom stereocenters. The molecule has 0 aromatic heterocycles. The summed E-state index contributed by atoms with van der Waals surface area (Å²) in [6.07, 6.45) is 4.78. The van der Waals surface area contributed by atoms with Crippen LogP contribution in [0.1, 0.15) is 86.5 Å². The van der Waals surface area contributed by atoms with Crippen molar-refractivity contribution in [3.63, 3.8) is 0 Å². The van der Waals surface area contributed by atoms with E-state index in [0.717, 1.165) is 25.7 Å². The number of hydrogen-bond acceptors (Lipinski definition) is 7. The van der Waals surface area contributed by atoms with Gasteiger partial charge in [-0.2, -0.15) is 0 Å². The summed E-state index contributed by atoms with van der Waals surface area (Å²) in [5.41, 5.74) is -0.770. The van der Waals surface area contributed by atoms with Crippen LogP contribution in [-0.4, -0.2) is 84.0 Å². The second-order valence-electron chi connectivity index (χ2n) is 12.4. The fraction of sp³-hybridized carbons (Fsp3) is 0.767. The van der Waals surface area contributed by atoms with E-state index >= 15 is 0 Å². The Morgan fingerprint density at radius 1 is 1.15 bits per heavy atom. The van der Waals surface area contributed by atoms with Crippen molar-refractivity contribution in [2.45, 2.75) is 116 Å². The number of rotatable bonds is 6. The lowest BCUT2D eigenvalue weighted by atomic mass is 9.93. The molecule has 0 saturated carbocycles. The number of nitrogens with one attached hydrogen (secondary N) is 3. The van der Waals surface area contributed by atoms with Gasteiger partial charge in [-0.25, -0.2) is 4.79 Å². The van der Waals surface area contributed by atoms with Gasteiger partial charge >= 0.3 is 6.09 Å². The van der Waals surface area contributed by atoms with Crippen LogP contribution >= 0.6 is 0 Å². The molecule has 2 heterocycles. The number of amides is 4. The second-order valence-corrected chi connectivity index (χ2v) is 12.4. The molecule has 11 heteroatoms.